The van der Waals surface area contributed by atoms with Crippen molar-refractivity contribution in [2.45, 2.75) is 51.5 Å². The zero-order valence-corrected chi connectivity index (χ0v) is 8.76. The molecule has 0 saturated heterocycles. The minimum absolute atomic E-state index is 0.335. The van der Waals surface area contributed by atoms with Crippen LogP contribution in [-0.4, -0.2) is 24.3 Å². The third-order valence-corrected chi connectivity index (χ3v) is 2.82. The summed E-state index contributed by atoms with van der Waals surface area (Å²) in [5.74, 6) is 0.869. The average molecular weight is 185 g/mol. The van der Waals surface area contributed by atoms with Crippen molar-refractivity contribution in [3.05, 3.63) is 0 Å². The van der Waals surface area contributed by atoms with Crippen molar-refractivity contribution in [2.24, 2.45) is 5.92 Å². The molecule has 1 rings (SSSR count). The van der Waals surface area contributed by atoms with Crippen molar-refractivity contribution in [1.29, 1.82) is 0 Å². The van der Waals surface area contributed by atoms with Gasteiger partial charge in [-0.3, -0.25) is 0 Å². The molecule has 0 amide bonds. The predicted octanol–water partition coefficient (Wildman–Crippen LogP) is 1.93. The van der Waals surface area contributed by atoms with Crippen LogP contribution in [0, 0.1) is 5.92 Å². The van der Waals surface area contributed by atoms with E-state index in [0.717, 1.165) is 18.9 Å². The Hall–Kier alpha value is -0.0800. The summed E-state index contributed by atoms with van der Waals surface area (Å²) in [6, 6.07) is 0.599. The summed E-state index contributed by atoms with van der Waals surface area (Å²) in [5.41, 5.74) is 0. The monoisotopic (exact) mass is 185 g/mol. The van der Waals surface area contributed by atoms with Crippen molar-refractivity contribution < 1.29 is 5.11 Å². The number of aliphatic hydroxyl groups is 1. The molecule has 0 unspecified atom stereocenters. The van der Waals surface area contributed by atoms with Gasteiger partial charge in [0.1, 0.15) is 0 Å². The van der Waals surface area contributed by atoms with Crippen LogP contribution in [0.15, 0.2) is 0 Å². The van der Waals surface area contributed by atoms with Crippen molar-refractivity contribution >= 4 is 0 Å². The molecule has 0 aromatic carbocycles. The highest BCUT2D eigenvalue weighted by Gasteiger charge is 2.29. The van der Waals surface area contributed by atoms with Crippen LogP contribution in [0.1, 0.15) is 45.4 Å². The smallest absolute Gasteiger partial charge is 0.0445 e. The van der Waals surface area contributed by atoms with Gasteiger partial charge < -0.3 is 10.4 Å². The molecule has 0 aromatic rings. The third-order valence-electron chi connectivity index (χ3n) is 2.82. The lowest BCUT2D eigenvalue weighted by Crippen LogP contribution is -2.32. The maximum Gasteiger partial charge on any atom is 0.0445 e. The van der Waals surface area contributed by atoms with Crippen LogP contribution in [0.3, 0.4) is 0 Å². The summed E-state index contributed by atoms with van der Waals surface area (Å²) in [6.07, 6.45) is 7.57. The molecule has 0 aliphatic heterocycles. The zero-order valence-electron chi connectivity index (χ0n) is 8.76. The summed E-state index contributed by atoms with van der Waals surface area (Å²) >= 11 is 0. The van der Waals surface area contributed by atoms with Crippen LogP contribution in [0.4, 0.5) is 0 Å². The molecule has 2 nitrogen and oxygen atoms in total. The Morgan fingerprint density at radius 3 is 2.69 bits per heavy atom. The normalized spacial score (nSPS) is 18.9. The molecule has 1 aliphatic rings. The molecule has 78 valence electrons. The Balaban J connectivity index is 2.00. The summed E-state index contributed by atoms with van der Waals surface area (Å²) in [5, 5.41) is 12.4. The van der Waals surface area contributed by atoms with Gasteiger partial charge in [-0.25, -0.2) is 0 Å². The molecule has 0 bridgehead atoms. The van der Waals surface area contributed by atoms with Crippen LogP contribution >= 0.6 is 0 Å². The number of hydrogen-bond donors (Lipinski definition) is 2. The van der Waals surface area contributed by atoms with Crippen LogP contribution < -0.4 is 5.32 Å². The minimum atomic E-state index is 0.335. The molecule has 0 aromatic heterocycles. The van der Waals surface area contributed by atoms with E-state index in [2.05, 4.69) is 12.2 Å². The number of rotatable bonds is 8. The molecule has 2 heteroatoms. The van der Waals surface area contributed by atoms with E-state index in [-0.39, 0.29) is 0 Å². The van der Waals surface area contributed by atoms with Crippen LogP contribution in [0.2, 0.25) is 0 Å². The largest absolute Gasteiger partial charge is 0.396 e. The van der Waals surface area contributed by atoms with Crippen molar-refractivity contribution in [2.75, 3.05) is 13.2 Å². The molecule has 2 N–H and O–H groups in total. The lowest BCUT2D eigenvalue weighted by atomic mass is 10.1. The highest BCUT2D eigenvalue weighted by Crippen LogP contribution is 2.33. The summed E-state index contributed by atoms with van der Waals surface area (Å²) in [4.78, 5) is 0. The quantitative estimate of drug-likeness (QED) is 0.566. The predicted molar refractivity (Wildman–Crippen MR) is 55.7 cm³/mol. The van der Waals surface area contributed by atoms with Gasteiger partial charge in [0.05, 0.1) is 0 Å². The molecule has 13 heavy (non-hydrogen) atoms. The lowest BCUT2D eigenvalue weighted by Gasteiger charge is -2.16. The lowest BCUT2D eigenvalue weighted by molar-refractivity contribution is 0.256. The second kappa shape index (κ2) is 6.39. The number of aliphatic hydroxyl groups excluding tert-OH is 1. The number of nitrogens with one attached hydrogen (secondary N) is 1. The second-order valence-electron chi connectivity index (χ2n) is 4.12. The van der Waals surface area contributed by atoms with Gasteiger partial charge >= 0.3 is 0 Å². The molecule has 0 heterocycles. The van der Waals surface area contributed by atoms with Gasteiger partial charge in [0.25, 0.3) is 0 Å². The fourth-order valence-electron chi connectivity index (χ4n) is 1.80. The Morgan fingerprint density at radius 1 is 1.38 bits per heavy atom. The van der Waals surface area contributed by atoms with Crippen LogP contribution in [0.5, 0.6) is 0 Å². The molecular weight excluding hydrogens is 162 g/mol. The molecular formula is C11H23NO. The van der Waals surface area contributed by atoms with E-state index >= 15 is 0 Å². The fraction of sp³-hybridized carbons (Fsp3) is 1.00. The van der Waals surface area contributed by atoms with Gasteiger partial charge in [-0.2, -0.15) is 0 Å². The average Bonchev–Trinajstić information content (AvgIpc) is 2.93. The summed E-state index contributed by atoms with van der Waals surface area (Å²) in [6.45, 7) is 3.70. The SMILES string of the molecule is CCCCCN[C@H](CCO)C1CC1. The highest BCUT2D eigenvalue weighted by molar-refractivity contribution is 4.85. The molecule has 1 atom stereocenters. The van der Waals surface area contributed by atoms with E-state index in [1.807, 2.05) is 0 Å². The minimum Gasteiger partial charge on any atom is -0.396 e. The maximum absolute atomic E-state index is 8.88. The Kier molecular flexibility index (Phi) is 5.40. The molecule has 1 fully saturated rings. The first-order valence-corrected chi connectivity index (χ1v) is 5.72. The van der Waals surface area contributed by atoms with Crippen LogP contribution in [-0.2, 0) is 0 Å². The number of unbranched alkanes of at least 4 members (excludes halogenated alkanes) is 2. The molecule has 1 saturated carbocycles. The van der Waals surface area contributed by atoms with Gasteiger partial charge in [-0.05, 0) is 38.1 Å². The van der Waals surface area contributed by atoms with E-state index in [0.29, 0.717) is 12.6 Å². The second-order valence-corrected chi connectivity index (χ2v) is 4.12. The van der Waals surface area contributed by atoms with Gasteiger partial charge in [0, 0.05) is 12.6 Å². The fourth-order valence-corrected chi connectivity index (χ4v) is 1.80. The number of hydrogen-bond acceptors (Lipinski definition) is 2. The van der Waals surface area contributed by atoms with E-state index < -0.39 is 0 Å². The van der Waals surface area contributed by atoms with Gasteiger partial charge in [0.15, 0.2) is 0 Å². The highest BCUT2D eigenvalue weighted by atomic mass is 16.3. The van der Waals surface area contributed by atoms with E-state index in [1.54, 1.807) is 0 Å². The molecule has 0 spiro atoms. The first-order chi connectivity index (χ1) is 6.38. The van der Waals surface area contributed by atoms with Gasteiger partial charge in [-0.1, -0.05) is 19.8 Å². The first-order valence-electron chi connectivity index (χ1n) is 5.72. The molecule has 0 radical (unpaired) electrons. The van der Waals surface area contributed by atoms with Crippen LogP contribution in [0.25, 0.3) is 0 Å². The topological polar surface area (TPSA) is 32.3 Å². The molecule has 1 aliphatic carbocycles. The van der Waals surface area contributed by atoms with E-state index in [4.69, 9.17) is 5.11 Å². The van der Waals surface area contributed by atoms with Gasteiger partial charge in [0.2, 0.25) is 0 Å². The maximum atomic E-state index is 8.88. The zero-order chi connectivity index (χ0) is 9.52. The van der Waals surface area contributed by atoms with Gasteiger partial charge in [-0.15, -0.1) is 0 Å². The van der Waals surface area contributed by atoms with Crippen molar-refractivity contribution in [3.8, 4) is 0 Å². The third kappa shape index (κ3) is 4.63. The Bertz CT molecular complexity index is 123. The van der Waals surface area contributed by atoms with E-state index in [9.17, 15) is 0 Å². The van der Waals surface area contributed by atoms with E-state index in [1.165, 1.54) is 32.1 Å². The Labute approximate surface area is 81.7 Å². The first kappa shape index (κ1) is 11.0. The summed E-state index contributed by atoms with van der Waals surface area (Å²) < 4.78 is 0. The summed E-state index contributed by atoms with van der Waals surface area (Å²) in [7, 11) is 0. The van der Waals surface area contributed by atoms with Crippen molar-refractivity contribution in [1.82, 2.24) is 5.32 Å². The Morgan fingerprint density at radius 2 is 2.15 bits per heavy atom. The standard InChI is InChI=1S/C11H23NO/c1-2-3-4-8-12-11(7-9-13)10-5-6-10/h10-13H,2-9H2,1H3/t11-/m1/s1. The van der Waals surface area contributed by atoms with Crippen molar-refractivity contribution in [3.63, 3.8) is 0 Å².